The fourth-order valence-electron chi connectivity index (χ4n) is 5.47. The van der Waals surface area contributed by atoms with Crippen LogP contribution in [0.3, 0.4) is 0 Å². The zero-order valence-corrected chi connectivity index (χ0v) is 19.9. The Morgan fingerprint density at radius 3 is 2.55 bits per heavy atom. The van der Waals surface area contributed by atoms with E-state index in [4.69, 9.17) is 14.4 Å². The van der Waals surface area contributed by atoms with E-state index >= 15 is 0 Å². The number of H-pyrrole nitrogens is 1. The van der Waals surface area contributed by atoms with Gasteiger partial charge in [-0.1, -0.05) is 6.07 Å². The molecule has 3 unspecified atom stereocenters. The number of rotatable bonds is 5. The molecule has 1 aliphatic heterocycles. The minimum absolute atomic E-state index is 0.0469. The van der Waals surface area contributed by atoms with Crippen LogP contribution in [0.15, 0.2) is 94.6 Å². The number of nitrogens with one attached hydrogen (secondary N) is 1. The number of hydrazine groups is 1. The van der Waals surface area contributed by atoms with Gasteiger partial charge in [-0.15, -0.1) is 22.7 Å². The van der Waals surface area contributed by atoms with Gasteiger partial charge in [-0.25, -0.2) is 4.98 Å². The first kappa shape index (κ1) is 20.3. The second-order valence-electron chi connectivity index (χ2n) is 8.25. The van der Waals surface area contributed by atoms with Crippen molar-refractivity contribution >= 4 is 33.5 Å². The highest BCUT2D eigenvalue weighted by molar-refractivity contribution is 7.14. The Labute approximate surface area is 200 Å². The van der Waals surface area contributed by atoms with Gasteiger partial charge in [0.2, 0.25) is 0 Å². The van der Waals surface area contributed by atoms with Gasteiger partial charge in [-0.05, 0) is 67.8 Å². The van der Waals surface area contributed by atoms with E-state index in [0.717, 1.165) is 27.3 Å². The van der Waals surface area contributed by atoms with E-state index in [9.17, 15) is 0 Å². The summed E-state index contributed by atoms with van der Waals surface area (Å²) in [5, 5.41) is 11.0. The largest absolute Gasteiger partial charge is 0.467 e. The van der Waals surface area contributed by atoms with Gasteiger partial charge in [0.25, 0.3) is 0 Å². The Bertz CT molecular complexity index is 1300. The summed E-state index contributed by atoms with van der Waals surface area (Å²) in [5.41, 5.74) is -0.338. The number of aromatic amines is 1. The molecule has 0 radical (unpaired) electrons. The Balaban J connectivity index is 1.76. The summed E-state index contributed by atoms with van der Waals surface area (Å²) >= 11 is 3.37. The number of hydrogen-bond donors (Lipinski definition) is 1. The molecule has 33 heavy (non-hydrogen) atoms. The van der Waals surface area contributed by atoms with E-state index < -0.39 is 11.0 Å². The molecule has 0 aromatic carbocycles. The van der Waals surface area contributed by atoms with E-state index in [0.29, 0.717) is 0 Å². The van der Waals surface area contributed by atoms with Gasteiger partial charge < -0.3 is 9.40 Å². The van der Waals surface area contributed by atoms with E-state index in [1.807, 2.05) is 42.2 Å². The Kier molecular flexibility index (Phi) is 4.67. The molecule has 6 rings (SSSR count). The van der Waals surface area contributed by atoms with Crippen molar-refractivity contribution in [2.24, 2.45) is 0 Å². The number of pyridine rings is 1. The molecule has 0 amide bonds. The van der Waals surface area contributed by atoms with Crippen molar-refractivity contribution in [1.29, 1.82) is 0 Å². The fraction of sp³-hybridized carbons (Fsp3) is 0.200. The first-order valence-electron chi connectivity index (χ1n) is 10.8. The third-order valence-corrected chi connectivity index (χ3v) is 8.54. The molecule has 5 aromatic rings. The van der Waals surface area contributed by atoms with E-state index in [1.165, 1.54) is 0 Å². The van der Waals surface area contributed by atoms with E-state index in [1.54, 1.807) is 28.9 Å². The topological polar surface area (TPSA) is 61.2 Å². The van der Waals surface area contributed by atoms with Crippen LogP contribution in [0.5, 0.6) is 0 Å². The molecule has 6 nitrogen and oxygen atoms in total. The molecule has 0 saturated carbocycles. The molecule has 1 saturated heterocycles. The zero-order chi connectivity index (χ0) is 22.5. The SMILES string of the molecule is CC1N(c2ccc[nH]2)N(c2cccs2)C(C)(c2ccco2)C1(c1ccccn1)c1nccs1. The molecule has 1 N–H and O–H groups in total. The third-order valence-electron chi connectivity index (χ3n) is 6.78. The minimum Gasteiger partial charge on any atom is -0.467 e. The Hall–Kier alpha value is -3.36. The number of thiazole rings is 1. The molecular weight excluding hydrogens is 450 g/mol. The lowest BCUT2D eigenvalue weighted by Gasteiger charge is -2.44. The molecule has 166 valence electrons. The number of thiophene rings is 1. The lowest BCUT2D eigenvalue weighted by Crippen LogP contribution is -2.55. The number of furan rings is 1. The second-order valence-corrected chi connectivity index (χ2v) is 10.1. The number of hydrogen-bond acceptors (Lipinski definition) is 7. The smallest absolute Gasteiger partial charge is 0.137 e. The van der Waals surface area contributed by atoms with Crippen molar-refractivity contribution < 1.29 is 4.42 Å². The molecule has 8 heteroatoms. The monoisotopic (exact) mass is 473 g/mol. The highest BCUT2D eigenvalue weighted by atomic mass is 32.1. The quantitative estimate of drug-likeness (QED) is 0.337. The van der Waals surface area contributed by atoms with Crippen LogP contribution in [0.2, 0.25) is 0 Å². The van der Waals surface area contributed by atoms with Crippen molar-refractivity contribution in [1.82, 2.24) is 15.0 Å². The van der Waals surface area contributed by atoms with Crippen molar-refractivity contribution in [3.63, 3.8) is 0 Å². The second kappa shape index (κ2) is 7.60. The molecule has 0 bridgehead atoms. The predicted molar refractivity (Wildman–Crippen MR) is 133 cm³/mol. The van der Waals surface area contributed by atoms with Crippen LogP contribution in [0, 0.1) is 0 Å². The summed E-state index contributed by atoms with van der Waals surface area (Å²) in [7, 11) is 0. The maximum absolute atomic E-state index is 6.21. The highest BCUT2D eigenvalue weighted by Gasteiger charge is 2.70. The van der Waals surface area contributed by atoms with Crippen LogP contribution in [0.25, 0.3) is 0 Å². The lowest BCUT2D eigenvalue weighted by atomic mass is 9.64. The standard InChI is InChI=1S/C25H23N5OS2/c1-18-25(23-28-14-17-33-23,19-8-3-4-12-26-19)24(2,20-9-6-15-31-20)30(22-11-7-16-32-22)29(18)21-10-5-13-27-21/h3-18,27H,1-2H3. The van der Waals surface area contributed by atoms with Crippen molar-refractivity contribution in [2.75, 3.05) is 10.0 Å². The molecule has 0 spiro atoms. The summed E-state index contributed by atoms with van der Waals surface area (Å²) in [6.07, 6.45) is 7.46. The van der Waals surface area contributed by atoms with Crippen LogP contribution in [0.4, 0.5) is 10.8 Å². The average molecular weight is 474 g/mol. The van der Waals surface area contributed by atoms with Crippen LogP contribution in [-0.4, -0.2) is 21.0 Å². The molecule has 6 heterocycles. The summed E-state index contributed by atoms with van der Waals surface area (Å²) in [6.45, 7) is 4.51. The van der Waals surface area contributed by atoms with Gasteiger partial charge >= 0.3 is 0 Å². The van der Waals surface area contributed by atoms with Gasteiger partial charge in [0, 0.05) is 24.0 Å². The Morgan fingerprint density at radius 2 is 1.91 bits per heavy atom. The van der Waals surface area contributed by atoms with Crippen LogP contribution >= 0.6 is 22.7 Å². The third kappa shape index (κ3) is 2.65. The first-order chi connectivity index (χ1) is 16.2. The van der Waals surface area contributed by atoms with Gasteiger partial charge in [0.15, 0.2) is 0 Å². The van der Waals surface area contributed by atoms with Crippen LogP contribution < -0.4 is 10.0 Å². The van der Waals surface area contributed by atoms with Crippen molar-refractivity contribution in [3.05, 3.63) is 107 Å². The van der Waals surface area contributed by atoms with Crippen molar-refractivity contribution in [3.8, 4) is 0 Å². The summed E-state index contributed by atoms with van der Waals surface area (Å²) < 4.78 is 6.21. The molecule has 1 fully saturated rings. The summed E-state index contributed by atoms with van der Waals surface area (Å²) in [6, 6.07) is 18.5. The predicted octanol–water partition coefficient (Wildman–Crippen LogP) is 6.05. The number of nitrogens with zero attached hydrogens (tertiary/aromatic N) is 4. The summed E-state index contributed by atoms with van der Waals surface area (Å²) in [4.78, 5) is 13.3. The highest BCUT2D eigenvalue weighted by Crippen LogP contribution is 2.61. The maximum Gasteiger partial charge on any atom is 0.137 e. The molecule has 5 aromatic heterocycles. The van der Waals surface area contributed by atoms with E-state index in [-0.39, 0.29) is 6.04 Å². The molecule has 3 atom stereocenters. The molecular formula is C25H23N5OS2. The minimum atomic E-state index is -0.669. The van der Waals surface area contributed by atoms with Crippen LogP contribution in [0.1, 0.15) is 30.3 Å². The molecule has 0 aliphatic carbocycles. The maximum atomic E-state index is 6.21. The number of anilines is 2. The van der Waals surface area contributed by atoms with Crippen LogP contribution in [-0.2, 0) is 11.0 Å². The van der Waals surface area contributed by atoms with Gasteiger partial charge in [-0.2, -0.15) is 0 Å². The normalized spacial score (nSPS) is 25.1. The van der Waals surface area contributed by atoms with E-state index in [2.05, 4.69) is 70.6 Å². The van der Waals surface area contributed by atoms with Crippen molar-refractivity contribution in [2.45, 2.75) is 30.8 Å². The first-order valence-corrected chi connectivity index (χ1v) is 12.6. The van der Waals surface area contributed by atoms with Gasteiger partial charge in [0.1, 0.15) is 32.5 Å². The van der Waals surface area contributed by atoms with Gasteiger partial charge in [0.05, 0.1) is 18.0 Å². The molecule has 1 aliphatic rings. The zero-order valence-electron chi connectivity index (χ0n) is 18.3. The number of aromatic nitrogens is 3. The lowest BCUT2D eigenvalue weighted by molar-refractivity contribution is 0.257. The average Bonchev–Trinajstić information content (AvgIpc) is 3.67. The Morgan fingerprint density at radius 1 is 0.970 bits per heavy atom. The fourth-order valence-corrected chi connectivity index (χ4v) is 7.33. The van der Waals surface area contributed by atoms with Gasteiger partial charge in [-0.3, -0.25) is 15.0 Å². The summed E-state index contributed by atoms with van der Waals surface area (Å²) in [5.74, 6) is 1.86.